The molecule has 2 unspecified atom stereocenters. The molecule has 1 saturated heterocycles. The molecular weight excluding hydrogens is 258 g/mol. The molecule has 106 valence electrons. The second-order valence-corrected chi connectivity index (χ2v) is 5.24. The first-order chi connectivity index (χ1) is 9.62. The summed E-state index contributed by atoms with van der Waals surface area (Å²) in [5.74, 6) is -0.0871. The summed E-state index contributed by atoms with van der Waals surface area (Å²) in [6, 6.07) is 5.66. The number of fused-ring (bicyclic) bond motifs is 1. The van der Waals surface area contributed by atoms with Crippen LogP contribution in [0.2, 0.25) is 0 Å². The number of carboxylic acids is 1. The molecule has 3 rings (SSSR count). The van der Waals surface area contributed by atoms with E-state index in [4.69, 9.17) is 14.6 Å². The first-order valence-electron chi connectivity index (χ1n) is 6.80. The molecule has 2 aliphatic rings. The van der Waals surface area contributed by atoms with Crippen LogP contribution in [0.15, 0.2) is 23.2 Å². The van der Waals surface area contributed by atoms with Gasteiger partial charge in [0.15, 0.2) is 0 Å². The summed E-state index contributed by atoms with van der Waals surface area (Å²) in [5.41, 5.74) is -0.649. The molecule has 5 heteroatoms. The van der Waals surface area contributed by atoms with E-state index >= 15 is 0 Å². The molecule has 1 aromatic carbocycles. The molecule has 0 bridgehead atoms. The highest BCUT2D eigenvalue weighted by atomic mass is 16.6. The lowest BCUT2D eigenvalue weighted by Crippen LogP contribution is -2.25. The van der Waals surface area contributed by atoms with Crippen molar-refractivity contribution in [2.75, 3.05) is 13.2 Å². The molecule has 5 nitrogen and oxygen atoms in total. The van der Waals surface area contributed by atoms with Crippen molar-refractivity contribution >= 4 is 12.0 Å². The van der Waals surface area contributed by atoms with Crippen molar-refractivity contribution in [2.24, 2.45) is 4.99 Å². The molecule has 1 aromatic rings. The van der Waals surface area contributed by atoms with E-state index in [-0.39, 0.29) is 12.5 Å². The van der Waals surface area contributed by atoms with Crippen LogP contribution in [0.1, 0.15) is 19.8 Å². The van der Waals surface area contributed by atoms with Crippen LogP contribution >= 0.6 is 0 Å². The zero-order valence-corrected chi connectivity index (χ0v) is 11.3. The molecule has 0 amide bonds. The van der Waals surface area contributed by atoms with Gasteiger partial charge in [0.25, 0.3) is 0 Å². The molecule has 0 spiro atoms. The monoisotopic (exact) mass is 275 g/mol. The lowest BCUT2D eigenvalue weighted by Gasteiger charge is -2.19. The van der Waals surface area contributed by atoms with Crippen molar-refractivity contribution in [3.05, 3.63) is 28.8 Å². The average Bonchev–Trinajstić information content (AvgIpc) is 3.16. The number of carbonyl (C=O) groups is 1. The first-order valence-corrected chi connectivity index (χ1v) is 6.80. The second kappa shape index (κ2) is 4.90. The van der Waals surface area contributed by atoms with Crippen molar-refractivity contribution < 1.29 is 19.4 Å². The molecule has 0 radical (unpaired) electrons. The molecule has 2 aliphatic heterocycles. The van der Waals surface area contributed by atoms with Gasteiger partial charge in [-0.05, 0) is 24.6 Å². The molecule has 2 heterocycles. The van der Waals surface area contributed by atoms with Gasteiger partial charge in [0.05, 0.1) is 23.9 Å². The number of carboxylic acid groups (broad SMARTS) is 1. The highest BCUT2D eigenvalue weighted by Crippen LogP contribution is 2.25. The van der Waals surface area contributed by atoms with Crippen molar-refractivity contribution in [2.45, 2.75) is 31.4 Å². The van der Waals surface area contributed by atoms with Gasteiger partial charge in [-0.2, -0.15) is 0 Å². The van der Waals surface area contributed by atoms with Gasteiger partial charge in [0.1, 0.15) is 18.5 Å². The average molecular weight is 275 g/mol. The number of ether oxygens (including phenoxy) is 2. The highest BCUT2D eigenvalue weighted by Gasteiger charge is 2.31. The summed E-state index contributed by atoms with van der Waals surface area (Å²) in [6.07, 6.45) is 2.78. The fourth-order valence-electron chi connectivity index (χ4n) is 2.45. The van der Waals surface area contributed by atoms with Crippen molar-refractivity contribution in [1.29, 1.82) is 0 Å². The number of rotatable bonds is 6. The van der Waals surface area contributed by atoms with Gasteiger partial charge in [-0.15, -0.1) is 0 Å². The largest absolute Gasteiger partial charge is 0.490 e. The molecule has 20 heavy (non-hydrogen) atoms. The van der Waals surface area contributed by atoms with Gasteiger partial charge in [0, 0.05) is 5.22 Å². The Morgan fingerprint density at radius 2 is 2.40 bits per heavy atom. The predicted molar refractivity (Wildman–Crippen MR) is 72.2 cm³/mol. The number of hydrogen-bond donors (Lipinski definition) is 1. The van der Waals surface area contributed by atoms with E-state index in [1.54, 1.807) is 0 Å². The Bertz CT molecular complexity index is 650. The lowest BCUT2D eigenvalue weighted by atomic mass is 9.93. The summed E-state index contributed by atoms with van der Waals surface area (Å²) in [6.45, 7) is 3.23. The van der Waals surface area contributed by atoms with Crippen LogP contribution in [-0.2, 0) is 9.53 Å². The number of hydrogen-bond acceptors (Lipinski definition) is 4. The van der Waals surface area contributed by atoms with Crippen molar-refractivity contribution in [3.63, 3.8) is 0 Å². The minimum Gasteiger partial charge on any atom is -0.490 e. The maximum absolute atomic E-state index is 11.1. The van der Waals surface area contributed by atoms with Crippen LogP contribution in [0.3, 0.4) is 0 Å². The molecule has 1 fully saturated rings. The number of nitrogens with zero attached hydrogens (tertiary/aromatic N) is 1. The van der Waals surface area contributed by atoms with Gasteiger partial charge in [-0.3, -0.25) is 9.79 Å². The van der Waals surface area contributed by atoms with E-state index in [0.717, 1.165) is 22.9 Å². The van der Waals surface area contributed by atoms with Crippen molar-refractivity contribution in [3.8, 4) is 5.75 Å². The normalized spacial score (nSPS) is 26.4. The fraction of sp³-hybridized carbons (Fsp3) is 0.467. The predicted octanol–water partition coefficient (Wildman–Crippen LogP) is 0.501. The van der Waals surface area contributed by atoms with Crippen LogP contribution in [-0.4, -0.2) is 35.9 Å². The van der Waals surface area contributed by atoms with E-state index in [9.17, 15) is 4.79 Å². The van der Waals surface area contributed by atoms with E-state index in [0.29, 0.717) is 13.0 Å². The van der Waals surface area contributed by atoms with E-state index in [1.165, 1.54) is 0 Å². The minimum absolute atomic E-state index is 0.00333. The Morgan fingerprint density at radius 3 is 3.05 bits per heavy atom. The SMILES string of the molecule is CCC1(CC(=O)O)C=c2c(OCC3CO3)cccc2=N1. The van der Waals surface area contributed by atoms with Crippen molar-refractivity contribution in [1.82, 2.24) is 0 Å². The third-order valence-corrected chi connectivity index (χ3v) is 3.70. The molecule has 1 N–H and O–H groups in total. The summed E-state index contributed by atoms with van der Waals surface area (Å²) in [5, 5.41) is 10.8. The third kappa shape index (κ3) is 2.54. The van der Waals surface area contributed by atoms with E-state index < -0.39 is 11.5 Å². The minimum atomic E-state index is -0.839. The zero-order valence-electron chi connectivity index (χ0n) is 11.3. The molecule has 0 saturated carbocycles. The fourth-order valence-corrected chi connectivity index (χ4v) is 2.45. The summed E-state index contributed by atoms with van der Waals surface area (Å²) in [7, 11) is 0. The number of aliphatic carboxylic acids is 1. The molecule has 2 atom stereocenters. The Kier molecular flexibility index (Phi) is 3.22. The molecule has 0 aliphatic carbocycles. The smallest absolute Gasteiger partial charge is 0.306 e. The lowest BCUT2D eigenvalue weighted by molar-refractivity contribution is -0.137. The number of epoxide rings is 1. The standard InChI is InChI=1S/C15H17NO4/c1-2-15(7-14(17)18)6-11-12(16-15)4-3-5-13(11)20-9-10-8-19-10/h3-6,10H,2,7-9H2,1H3,(H,17,18). The van der Waals surface area contributed by atoms with Gasteiger partial charge >= 0.3 is 5.97 Å². The van der Waals surface area contributed by atoms with Gasteiger partial charge < -0.3 is 14.6 Å². The quantitative estimate of drug-likeness (QED) is 0.767. The van der Waals surface area contributed by atoms with Crippen LogP contribution in [0.4, 0.5) is 0 Å². The Hall–Kier alpha value is -1.88. The van der Waals surface area contributed by atoms with Gasteiger partial charge in [-0.25, -0.2) is 0 Å². The zero-order chi connectivity index (χ0) is 14.2. The summed E-state index contributed by atoms with van der Waals surface area (Å²) < 4.78 is 10.9. The van der Waals surface area contributed by atoms with Gasteiger partial charge in [0.2, 0.25) is 0 Å². The summed E-state index contributed by atoms with van der Waals surface area (Å²) >= 11 is 0. The third-order valence-electron chi connectivity index (χ3n) is 3.70. The van der Waals surface area contributed by atoms with Crippen LogP contribution in [0.5, 0.6) is 5.75 Å². The second-order valence-electron chi connectivity index (χ2n) is 5.24. The maximum Gasteiger partial charge on any atom is 0.306 e. The van der Waals surface area contributed by atoms with Gasteiger partial charge in [-0.1, -0.05) is 13.0 Å². The number of benzene rings is 1. The molecular formula is C15H17NO4. The van der Waals surface area contributed by atoms with E-state index in [1.807, 2.05) is 31.2 Å². The Balaban J connectivity index is 1.95. The topological polar surface area (TPSA) is 71.4 Å². The Labute approximate surface area is 116 Å². The Morgan fingerprint density at radius 1 is 1.60 bits per heavy atom. The summed E-state index contributed by atoms with van der Waals surface area (Å²) in [4.78, 5) is 15.6. The maximum atomic E-state index is 11.1. The van der Waals surface area contributed by atoms with Crippen LogP contribution in [0, 0.1) is 0 Å². The van der Waals surface area contributed by atoms with Crippen LogP contribution < -0.4 is 15.3 Å². The highest BCUT2D eigenvalue weighted by molar-refractivity contribution is 5.71. The van der Waals surface area contributed by atoms with E-state index in [2.05, 4.69) is 4.99 Å². The van der Waals surface area contributed by atoms with Crippen LogP contribution in [0.25, 0.3) is 6.08 Å². The molecule has 0 aromatic heterocycles. The first kappa shape index (κ1) is 13.1.